The van der Waals surface area contributed by atoms with Crippen LogP contribution in [0.1, 0.15) is 10.4 Å². The molecule has 4 nitrogen and oxygen atoms in total. The first-order valence-electron chi connectivity index (χ1n) is 4.89. The van der Waals surface area contributed by atoms with Gasteiger partial charge < -0.3 is 9.84 Å². The van der Waals surface area contributed by atoms with Gasteiger partial charge in [-0.2, -0.15) is 0 Å². The maximum Gasteiger partial charge on any atom is 0.339 e. The van der Waals surface area contributed by atoms with E-state index in [2.05, 4.69) is 20.9 Å². The van der Waals surface area contributed by atoms with E-state index in [1.807, 2.05) is 0 Å². The van der Waals surface area contributed by atoms with E-state index >= 15 is 0 Å². The summed E-state index contributed by atoms with van der Waals surface area (Å²) in [4.78, 5) is 15.1. The Labute approximate surface area is 116 Å². The average Bonchev–Trinajstić information content (AvgIpc) is 2.34. The molecular weight excluding hydrogens is 321 g/mol. The van der Waals surface area contributed by atoms with Crippen LogP contribution in [0.2, 0.25) is 5.02 Å². The molecule has 0 aliphatic rings. The number of nitrogens with zero attached hydrogens (tertiary/aromatic N) is 1. The van der Waals surface area contributed by atoms with Gasteiger partial charge in [-0.15, -0.1) is 0 Å². The number of rotatable bonds is 3. The highest BCUT2D eigenvalue weighted by molar-refractivity contribution is 9.10. The van der Waals surface area contributed by atoms with E-state index in [0.29, 0.717) is 15.4 Å². The van der Waals surface area contributed by atoms with Gasteiger partial charge in [-0.1, -0.05) is 11.6 Å². The Morgan fingerprint density at radius 3 is 2.83 bits per heavy atom. The Hall–Kier alpha value is -1.59. The second-order valence-electron chi connectivity index (χ2n) is 3.34. The summed E-state index contributed by atoms with van der Waals surface area (Å²) in [6.45, 7) is 0. The number of halogens is 2. The molecule has 0 amide bonds. The van der Waals surface area contributed by atoms with Gasteiger partial charge in [0.05, 0.1) is 4.47 Å². The topological polar surface area (TPSA) is 59.4 Å². The summed E-state index contributed by atoms with van der Waals surface area (Å²) in [5.41, 5.74) is -0.0138. The van der Waals surface area contributed by atoms with Gasteiger partial charge in [-0.25, -0.2) is 9.78 Å². The number of aromatic carboxylic acids is 1. The van der Waals surface area contributed by atoms with Gasteiger partial charge in [-0.3, -0.25) is 0 Å². The summed E-state index contributed by atoms with van der Waals surface area (Å²) >= 11 is 9.02. The molecule has 1 heterocycles. The third-order valence-electron chi connectivity index (χ3n) is 2.10. The number of pyridine rings is 1. The molecule has 0 radical (unpaired) electrons. The first-order chi connectivity index (χ1) is 8.58. The largest absolute Gasteiger partial charge is 0.478 e. The molecule has 0 saturated heterocycles. The average molecular weight is 329 g/mol. The molecular formula is C12H7BrClNO3. The molecule has 0 aliphatic heterocycles. The van der Waals surface area contributed by atoms with Crippen LogP contribution in [0.4, 0.5) is 0 Å². The van der Waals surface area contributed by atoms with Gasteiger partial charge in [0.2, 0.25) is 5.88 Å². The van der Waals surface area contributed by atoms with Crippen LogP contribution < -0.4 is 4.74 Å². The predicted molar refractivity (Wildman–Crippen MR) is 70.4 cm³/mol. The fourth-order valence-electron chi connectivity index (χ4n) is 1.31. The minimum absolute atomic E-state index is 0.0138. The highest BCUT2D eigenvalue weighted by Gasteiger charge is 2.14. The zero-order valence-corrected chi connectivity index (χ0v) is 11.3. The lowest BCUT2D eigenvalue weighted by Gasteiger charge is -2.09. The van der Waals surface area contributed by atoms with Crippen LogP contribution in [-0.4, -0.2) is 16.1 Å². The van der Waals surface area contributed by atoms with Crippen molar-refractivity contribution in [1.29, 1.82) is 0 Å². The molecule has 0 fully saturated rings. The van der Waals surface area contributed by atoms with E-state index in [1.165, 1.54) is 12.1 Å². The fourth-order valence-corrected chi connectivity index (χ4v) is 1.82. The predicted octanol–water partition coefficient (Wildman–Crippen LogP) is 3.99. The van der Waals surface area contributed by atoms with Crippen LogP contribution in [-0.2, 0) is 0 Å². The smallest absolute Gasteiger partial charge is 0.339 e. The fraction of sp³-hybridized carbons (Fsp3) is 0. The van der Waals surface area contributed by atoms with Crippen LogP contribution in [0.3, 0.4) is 0 Å². The van der Waals surface area contributed by atoms with Crippen LogP contribution >= 0.6 is 27.5 Å². The lowest BCUT2D eigenvalue weighted by Crippen LogP contribution is -2.00. The molecule has 2 aromatic rings. The van der Waals surface area contributed by atoms with Gasteiger partial charge in [0.15, 0.2) is 0 Å². The van der Waals surface area contributed by atoms with Gasteiger partial charge in [0.1, 0.15) is 11.3 Å². The van der Waals surface area contributed by atoms with Crippen molar-refractivity contribution >= 4 is 33.5 Å². The van der Waals surface area contributed by atoms with E-state index in [1.54, 1.807) is 24.4 Å². The number of aromatic nitrogens is 1. The summed E-state index contributed by atoms with van der Waals surface area (Å²) in [5.74, 6) is -0.631. The van der Waals surface area contributed by atoms with E-state index < -0.39 is 5.97 Å². The third kappa shape index (κ3) is 2.80. The molecule has 1 aromatic carbocycles. The zero-order valence-electron chi connectivity index (χ0n) is 8.93. The van der Waals surface area contributed by atoms with Crippen LogP contribution in [0.15, 0.2) is 41.0 Å². The van der Waals surface area contributed by atoms with Gasteiger partial charge in [0, 0.05) is 11.2 Å². The van der Waals surface area contributed by atoms with Crippen molar-refractivity contribution in [1.82, 2.24) is 4.98 Å². The second kappa shape index (κ2) is 5.37. The Morgan fingerprint density at radius 1 is 1.39 bits per heavy atom. The number of carbonyl (C=O) groups is 1. The maximum absolute atomic E-state index is 11.1. The molecule has 6 heteroatoms. The first kappa shape index (κ1) is 12.9. The summed E-state index contributed by atoms with van der Waals surface area (Å²) in [6, 6.07) is 7.86. The van der Waals surface area contributed by atoms with Crippen LogP contribution in [0.5, 0.6) is 11.6 Å². The Kier molecular flexibility index (Phi) is 3.84. The lowest BCUT2D eigenvalue weighted by atomic mass is 10.2. The van der Waals surface area contributed by atoms with Crippen molar-refractivity contribution in [3.05, 3.63) is 51.6 Å². The molecule has 1 N–H and O–H groups in total. The first-order valence-corrected chi connectivity index (χ1v) is 6.06. The van der Waals surface area contributed by atoms with Crippen molar-refractivity contribution in [2.24, 2.45) is 0 Å². The highest BCUT2D eigenvalue weighted by Crippen LogP contribution is 2.30. The summed E-state index contributed by atoms with van der Waals surface area (Å²) in [7, 11) is 0. The second-order valence-corrected chi connectivity index (χ2v) is 4.63. The molecule has 0 spiro atoms. The summed E-state index contributed by atoms with van der Waals surface area (Å²) < 4.78 is 6.09. The molecule has 0 saturated carbocycles. The van der Waals surface area contributed by atoms with Gasteiger partial charge in [0.25, 0.3) is 0 Å². The van der Waals surface area contributed by atoms with Crippen LogP contribution in [0, 0.1) is 0 Å². The normalized spacial score (nSPS) is 10.1. The Morgan fingerprint density at radius 2 is 2.17 bits per heavy atom. The molecule has 92 valence electrons. The number of carboxylic acids is 1. The molecule has 1 aromatic heterocycles. The van der Waals surface area contributed by atoms with E-state index in [0.717, 1.165) is 0 Å². The monoisotopic (exact) mass is 327 g/mol. The zero-order chi connectivity index (χ0) is 13.1. The van der Waals surface area contributed by atoms with Crippen molar-refractivity contribution < 1.29 is 14.6 Å². The van der Waals surface area contributed by atoms with Crippen LogP contribution in [0.25, 0.3) is 0 Å². The van der Waals surface area contributed by atoms with E-state index in [9.17, 15) is 4.79 Å². The molecule has 18 heavy (non-hydrogen) atoms. The van der Waals surface area contributed by atoms with Gasteiger partial charge >= 0.3 is 5.97 Å². The standard InChI is InChI=1S/C12H7BrClNO3/c13-9-2-1-5-15-11(9)18-10-4-3-7(14)6-8(10)12(16)17/h1-6H,(H,16,17). The molecule has 0 aliphatic carbocycles. The number of carboxylic acid groups (broad SMARTS) is 1. The third-order valence-corrected chi connectivity index (χ3v) is 2.94. The number of benzene rings is 1. The number of hydrogen-bond donors (Lipinski definition) is 1. The van der Waals surface area contributed by atoms with Crippen molar-refractivity contribution in [3.8, 4) is 11.6 Å². The van der Waals surface area contributed by atoms with E-state index in [4.69, 9.17) is 21.4 Å². The maximum atomic E-state index is 11.1. The Bertz CT molecular complexity index is 604. The Balaban J connectivity index is 2.41. The molecule has 2 rings (SSSR count). The highest BCUT2D eigenvalue weighted by atomic mass is 79.9. The van der Waals surface area contributed by atoms with Crippen molar-refractivity contribution in [2.45, 2.75) is 0 Å². The minimum atomic E-state index is -1.11. The summed E-state index contributed by atoms with van der Waals surface area (Å²) in [5, 5.41) is 9.40. The quantitative estimate of drug-likeness (QED) is 0.925. The molecule has 0 unspecified atom stereocenters. The van der Waals surface area contributed by atoms with E-state index in [-0.39, 0.29) is 11.3 Å². The number of hydrogen-bond acceptors (Lipinski definition) is 3. The summed E-state index contributed by atoms with van der Waals surface area (Å²) in [6.07, 6.45) is 1.55. The minimum Gasteiger partial charge on any atom is -0.478 e. The van der Waals surface area contributed by atoms with Gasteiger partial charge in [-0.05, 0) is 46.3 Å². The molecule has 0 bridgehead atoms. The van der Waals surface area contributed by atoms with Crippen molar-refractivity contribution in [3.63, 3.8) is 0 Å². The number of ether oxygens (including phenoxy) is 1. The molecule has 0 atom stereocenters. The lowest BCUT2D eigenvalue weighted by molar-refractivity contribution is 0.0694. The van der Waals surface area contributed by atoms with Crippen molar-refractivity contribution in [2.75, 3.05) is 0 Å². The SMILES string of the molecule is O=C(O)c1cc(Cl)ccc1Oc1ncccc1Br.